The molecule has 10 nitrogen and oxygen atoms in total. The maximum Gasteiger partial charge on any atom is 0.282 e. The van der Waals surface area contributed by atoms with Gasteiger partial charge in [-0.3, -0.25) is 35.9 Å². The van der Waals surface area contributed by atoms with E-state index < -0.39 is 16.7 Å². The first-order valence-electron chi connectivity index (χ1n) is 10.0. The summed E-state index contributed by atoms with van der Waals surface area (Å²) >= 11 is 5.03. The number of nitrogens with zero attached hydrogens (tertiary/aromatic N) is 1. The molecule has 0 fully saturated rings. The molecule has 0 bridgehead atoms. The maximum absolute atomic E-state index is 12.6. The summed E-state index contributed by atoms with van der Waals surface area (Å²) in [6, 6.07) is 21.2. The Kier molecular flexibility index (Phi) is 8.47. The van der Waals surface area contributed by atoms with Crippen LogP contribution in [0.25, 0.3) is 0 Å². The van der Waals surface area contributed by atoms with Crippen LogP contribution in [0.15, 0.2) is 78.9 Å². The second-order valence-electron chi connectivity index (χ2n) is 6.64. The summed E-state index contributed by atoms with van der Waals surface area (Å²) in [5.74, 6) is -0.331. The number of hydrogen-bond donors (Lipinski definition) is 3. The molecule has 0 atom stereocenters. The van der Waals surface area contributed by atoms with E-state index in [1.165, 1.54) is 24.3 Å². The van der Waals surface area contributed by atoms with Crippen molar-refractivity contribution < 1.29 is 24.0 Å². The number of nitrogens with one attached hydrogen (secondary N) is 3. The predicted octanol–water partition coefficient (Wildman–Crippen LogP) is 3.00. The van der Waals surface area contributed by atoms with Crippen molar-refractivity contribution in [2.75, 3.05) is 13.2 Å². The lowest BCUT2D eigenvalue weighted by atomic mass is 10.2. The standard InChI is InChI=1S/C23H20N4O6S/c28-21(24-23(34)26-25-22(29)17-10-4-6-12-19(17)27(30)31)18-11-5-7-13-20(18)33-15-14-32-16-8-2-1-3-9-16/h1-13H,14-15H2,(H,25,29)(H2,24,26,28,34). The maximum atomic E-state index is 12.6. The lowest BCUT2D eigenvalue weighted by molar-refractivity contribution is -0.385. The van der Waals surface area contributed by atoms with Crippen LogP contribution in [0.3, 0.4) is 0 Å². The van der Waals surface area contributed by atoms with E-state index in [1.807, 2.05) is 30.3 Å². The summed E-state index contributed by atoms with van der Waals surface area (Å²) in [5.41, 5.74) is 4.28. The average Bonchev–Trinajstić information content (AvgIpc) is 2.86. The fourth-order valence-electron chi connectivity index (χ4n) is 2.82. The van der Waals surface area contributed by atoms with Crippen LogP contribution < -0.4 is 25.6 Å². The third-order valence-corrected chi connectivity index (χ3v) is 4.55. The van der Waals surface area contributed by atoms with Crippen molar-refractivity contribution in [3.63, 3.8) is 0 Å². The van der Waals surface area contributed by atoms with Crippen molar-refractivity contribution in [2.24, 2.45) is 0 Å². The predicted molar refractivity (Wildman–Crippen MR) is 128 cm³/mol. The molecule has 2 amide bonds. The lowest BCUT2D eigenvalue weighted by Gasteiger charge is -2.14. The Morgan fingerprint density at radius 3 is 2.15 bits per heavy atom. The van der Waals surface area contributed by atoms with Gasteiger partial charge in [-0.1, -0.05) is 42.5 Å². The van der Waals surface area contributed by atoms with E-state index in [9.17, 15) is 19.7 Å². The van der Waals surface area contributed by atoms with Crippen LogP contribution in [0.5, 0.6) is 11.5 Å². The largest absolute Gasteiger partial charge is 0.490 e. The Morgan fingerprint density at radius 2 is 1.41 bits per heavy atom. The minimum Gasteiger partial charge on any atom is -0.490 e. The topological polar surface area (TPSA) is 132 Å². The number of benzene rings is 3. The number of nitro benzene ring substituents is 1. The molecule has 0 aromatic heterocycles. The fraction of sp³-hybridized carbons (Fsp3) is 0.0870. The van der Waals surface area contributed by atoms with Crippen LogP contribution in [-0.2, 0) is 0 Å². The molecule has 0 saturated carbocycles. The van der Waals surface area contributed by atoms with Gasteiger partial charge in [-0.05, 0) is 42.5 Å². The van der Waals surface area contributed by atoms with Gasteiger partial charge in [-0.25, -0.2) is 0 Å². The van der Waals surface area contributed by atoms with Gasteiger partial charge in [-0.2, -0.15) is 0 Å². The molecule has 0 heterocycles. The summed E-state index contributed by atoms with van der Waals surface area (Å²) in [6.45, 7) is 0.478. The van der Waals surface area contributed by atoms with Crippen molar-refractivity contribution in [1.29, 1.82) is 0 Å². The number of carbonyl (C=O) groups is 2. The zero-order valence-electron chi connectivity index (χ0n) is 17.7. The molecule has 3 aromatic rings. The number of hydrazine groups is 1. The third kappa shape index (κ3) is 6.74. The Balaban J connectivity index is 1.51. The molecule has 0 aliphatic rings. The number of rotatable bonds is 8. The fourth-order valence-corrected chi connectivity index (χ4v) is 2.96. The quantitative estimate of drug-likeness (QED) is 0.194. The highest BCUT2D eigenvalue weighted by Gasteiger charge is 2.19. The monoisotopic (exact) mass is 480 g/mol. The Morgan fingerprint density at radius 1 is 0.794 bits per heavy atom. The van der Waals surface area contributed by atoms with Crippen LogP contribution in [0.1, 0.15) is 20.7 Å². The average molecular weight is 481 g/mol. The zero-order chi connectivity index (χ0) is 24.3. The molecular weight excluding hydrogens is 460 g/mol. The number of ether oxygens (including phenoxy) is 2. The number of nitro groups is 1. The van der Waals surface area contributed by atoms with Gasteiger partial charge >= 0.3 is 0 Å². The number of hydrogen-bond acceptors (Lipinski definition) is 7. The molecule has 0 aliphatic carbocycles. The van der Waals surface area contributed by atoms with Gasteiger partial charge < -0.3 is 9.47 Å². The second-order valence-corrected chi connectivity index (χ2v) is 7.05. The first kappa shape index (κ1) is 24.1. The summed E-state index contributed by atoms with van der Waals surface area (Å²) in [4.78, 5) is 35.3. The lowest BCUT2D eigenvalue weighted by Crippen LogP contribution is -2.48. The second kappa shape index (κ2) is 11.9. The van der Waals surface area contributed by atoms with Crippen molar-refractivity contribution in [3.8, 4) is 11.5 Å². The van der Waals surface area contributed by atoms with E-state index >= 15 is 0 Å². The smallest absolute Gasteiger partial charge is 0.282 e. The number of carbonyl (C=O) groups excluding carboxylic acids is 2. The van der Waals surface area contributed by atoms with Crippen LogP contribution in [0.2, 0.25) is 0 Å². The van der Waals surface area contributed by atoms with Crippen LogP contribution in [0.4, 0.5) is 5.69 Å². The van der Waals surface area contributed by atoms with Gasteiger partial charge in [0.1, 0.15) is 30.3 Å². The molecule has 34 heavy (non-hydrogen) atoms. The van der Waals surface area contributed by atoms with Crippen molar-refractivity contribution in [2.45, 2.75) is 0 Å². The van der Waals surface area contributed by atoms with Gasteiger partial charge in [0.2, 0.25) is 0 Å². The minimum atomic E-state index is -0.786. The van der Waals surface area contributed by atoms with Gasteiger partial charge in [0.05, 0.1) is 10.5 Å². The van der Waals surface area contributed by atoms with Crippen molar-refractivity contribution in [1.82, 2.24) is 16.2 Å². The number of thiocarbonyl (C=S) groups is 1. The zero-order valence-corrected chi connectivity index (χ0v) is 18.5. The van der Waals surface area contributed by atoms with Crippen molar-refractivity contribution in [3.05, 3.63) is 100 Å². The molecule has 0 aliphatic heterocycles. The number of amides is 2. The first-order valence-corrected chi connectivity index (χ1v) is 10.4. The van der Waals surface area contributed by atoms with Crippen LogP contribution >= 0.6 is 12.2 Å². The van der Waals surface area contributed by atoms with Gasteiger partial charge in [0.15, 0.2) is 5.11 Å². The van der Waals surface area contributed by atoms with E-state index in [-0.39, 0.29) is 35.1 Å². The van der Waals surface area contributed by atoms with E-state index in [2.05, 4.69) is 16.2 Å². The van der Waals surface area contributed by atoms with E-state index in [0.717, 1.165) is 0 Å². The van der Waals surface area contributed by atoms with Crippen molar-refractivity contribution >= 4 is 34.8 Å². The van der Waals surface area contributed by atoms with Gasteiger partial charge in [0.25, 0.3) is 17.5 Å². The molecule has 3 aromatic carbocycles. The number of para-hydroxylation sites is 3. The van der Waals surface area contributed by atoms with Gasteiger partial charge in [-0.15, -0.1) is 0 Å². The SMILES string of the molecule is O=C(NC(=S)NNC(=O)c1ccccc1[N+](=O)[O-])c1ccccc1OCCOc1ccccc1. The normalized spacial score (nSPS) is 10.0. The van der Waals surface area contributed by atoms with Crippen LogP contribution in [-0.4, -0.2) is 35.1 Å². The summed E-state index contributed by atoms with van der Waals surface area (Å²) in [7, 11) is 0. The molecular formula is C23H20N4O6S. The van der Waals surface area contributed by atoms with Crippen LogP contribution in [0, 0.1) is 10.1 Å². The summed E-state index contributed by atoms with van der Waals surface area (Å²) in [6.07, 6.45) is 0. The molecule has 0 unspecified atom stereocenters. The third-order valence-electron chi connectivity index (χ3n) is 4.35. The Bertz CT molecular complexity index is 1190. The molecule has 11 heteroatoms. The summed E-state index contributed by atoms with van der Waals surface area (Å²) < 4.78 is 11.2. The first-order chi connectivity index (χ1) is 16.5. The molecule has 0 radical (unpaired) electrons. The van der Waals surface area contributed by atoms with Gasteiger partial charge in [0, 0.05) is 6.07 Å². The van der Waals surface area contributed by atoms with E-state index in [4.69, 9.17) is 21.7 Å². The Hall–Kier alpha value is -4.51. The summed E-state index contributed by atoms with van der Waals surface area (Å²) in [5, 5.41) is 13.3. The molecule has 0 saturated heterocycles. The molecule has 3 rings (SSSR count). The Labute approximate surface area is 200 Å². The minimum absolute atomic E-state index is 0.161. The molecule has 0 spiro atoms. The molecule has 3 N–H and O–H groups in total. The highest BCUT2D eigenvalue weighted by molar-refractivity contribution is 7.80. The van der Waals surface area contributed by atoms with E-state index in [0.29, 0.717) is 11.5 Å². The molecule has 174 valence electrons. The highest BCUT2D eigenvalue weighted by atomic mass is 32.1. The van der Waals surface area contributed by atoms with E-state index in [1.54, 1.807) is 24.3 Å². The highest BCUT2D eigenvalue weighted by Crippen LogP contribution is 2.18.